The van der Waals surface area contributed by atoms with Crippen molar-refractivity contribution in [3.05, 3.63) is 36.5 Å². The first kappa shape index (κ1) is 30.1. The van der Waals surface area contributed by atoms with E-state index in [1.54, 1.807) is 25.4 Å². The number of amides is 1. The van der Waals surface area contributed by atoms with Gasteiger partial charge in [0, 0.05) is 25.4 Å². The lowest BCUT2D eigenvalue weighted by Crippen LogP contribution is -2.35. The molecule has 1 aliphatic rings. The van der Waals surface area contributed by atoms with E-state index >= 15 is 0 Å². The van der Waals surface area contributed by atoms with Gasteiger partial charge in [-0.3, -0.25) is 9.08 Å². The Hall–Kier alpha value is -2.84. The van der Waals surface area contributed by atoms with Crippen molar-refractivity contribution in [2.45, 2.75) is 58.0 Å². The number of hydrogen-bond acceptors (Lipinski definition) is 11. The van der Waals surface area contributed by atoms with E-state index < -0.39 is 34.2 Å². The van der Waals surface area contributed by atoms with Gasteiger partial charge in [-0.25, -0.2) is 14.8 Å². The molecule has 0 aliphatic carbocycles. The molecule has 0 radical (unpaired) electrons. The van der Waals surface area contributed by atoms with Crippen LogP contribution >= 0.6 is 11.3 Å². The molecule has 3 heterocycles. The first-order valence-electron chi connectivity index (χ1n) is 12.9. The van der Waals surface area contributed by atoms with Crippen LogP contribution in [0.4, 0.5) is 10.6 Å². The van der Waals surface area contributed by atoms with Crippen molar-refractivity contribution in [3.8, 4) is 16.3 Å². The van der Waals surface area contributed by atoms with Gasteiger partial charge in [-0.1, -0.05) is 0 Å². The van der Waals surface area contributed by atoms with Crippen LogP contribution in [0.2, 0.25) is 0 Å². The molecule has 1 aromatic carbocycles. The molecule has 3 aromatic rings. The van der Waals surface area contributed by atoms with Crippen LogP contribution in [-0.4, -0.2) is 75.6 Å². The minimum Gasteiger partial charge on any atom is -0.491 e. The fourth-order valence-electron chi connectivity index (χ4n) is 3.80. The Bertz CT molecular complexity index is 1400. The molecule has 0 bridgehead atoms. The van der Waals surface area contributed by atoms with Crippen LogP contribution in [0.25, 0.3) is 20.8 Å². The maximum Gasteiger partial charge on any atom is 0.415 e. The third-order valence-electron chi connectivity index (χ3n) is 5.75. The second-order valence-corrected chi connectivity index (χ2v) is 13.1. The zero-order valence-electron chi connectivity index (χ0n) is 23.3. The summed E-state index contributed by atoms with van der Waals surface area (Å²) in [7, 11) is -2.02. The first-order valence-corrected chi connectivity index (χ1v) is 15.6. The summed E-state index contributed by atoms with van der Waals surface area (Å²) < 4.78 is 51.8. The van der Waals surface area contributed by atoms with Gasteiger partial charge in [0.25, 0.3) is 10.1 Å². The van der Waals surface area contributed by atoms with E-state index in [0.717, 1.165) is 46.3 Å². The number of carbonyl (C=O) groups excluding carboxylic acids is 1. The van der Waals surface area contributed by atoms with Crippen LogP contribution in [0.1, 0.15) is 40.0 Å². The van der Waals surface area contributed by atoms with E-state index in [-0.39, 0.29) is 13.2 Å². The van der Waals surface area contributed by atoms with E-state index in [1.807, 2.05) is 39.0 Å². The molecule has 2 aromatic heterocycles. The minimum absolute atomic E-state index is 0.0864. The molecule has 0 saturated carbocycles. The van der Waals surface area contributed by atoms with Gasteiger partial charge >= 0.3 is 6.09 Å². The molecular weight excluding hydrogens is 558 g/mol. The standard InChI is InChI=1S/C27H35N3O8S2/c1-27(2,3)38-26(31)30(4)23-12-9-18(15-28-23)25-29-21-11-10-19(14-22(21)39-25)35-16-20(17-36-40(5,32)33)37-24-8-6-7-13-34-24/h9-12,14-15,20,24H,6-8,13,16-17H2,1-5H3/t20-,24+/m0/s1. The molecule has 0 unspecified atom stereocenters. The molecule has 0 spiro atoms. The maximum absolute atomic E-state index is 12.3. The largest absolute Gasteiger partial charge is 0.491 e. The average Bonchev–Trinajstić information content (AvgIpc) is 3.32. The summed E-state index contributed by atoms with van der Waals surface area (Å²) in [6, 6.07) is 9.13. The molecule has 13 heteroatoms. The number of pyridine rings is 1. The average molecular weight is 594 g/mol. The van der Waals surface area contributed by atoms with Gasteiger partial charge in [-0.2, -0.15) is 8.42 Å². The number of nitrogens with zero attached hydrogens (tertiary/aromatic N) is 3. The first-order chi connectivity index (χ1) is 18.9. The number of anilines is 1. The number of thiazole rings is 1. The van der Waals surface area contributed by atoms with Crippen molar-refractivity contribution >= 4 is 43.6 Å². The van der Waals surface area contributed by atoms with E-state index in [4.69, 9.17) is 28.1 Å². The predicted octanol–water partition coefficient (Wildman–Crippen LogP) is 5.00. The molecule has 11 nitrogen and oxygen atoms in total. The van der Waals surface area contributed by atoms with E-state index in [1.165, 1.54) is 16.2 Å². The van der Waals surface area contributed by atoms with Gasteiger partial charge in [0.1, 0.15) is 34.9 Å². The highest BCUT2D eigenvalue weighted by atomic mass is 32.2. The normalized spacial score (nSPS) is 17.0. The third kappa shape index (κ3) is 8.83. The summed E-state index contributed by atoms with van der Waals surface area (Å²) in [4.78, 5) is 22.8. The summed E-state index contributed by atoms with van der Waals surface area (Å²) >= 11 is 1.48. The monoisotopic (exact) mass is 593 g/mol. The Morgan fingerprint density at radius 1 is 1.20 bits per heavy atom. The number of carbonyl (C=O) groups is 1. The van der Waals surface area contributed by atoms with Crippen LogP contribution in [-0.2, 0) is 28.5 Å². The molecule has 1 fully saturated rings. The molecule has 218 valence electrons. The number of hydrogen-bond donors (Lipinski definition) is 0. The van der Waals surface area contributed by atoms with Gasteiger partial charge in [0.05, 0.1) is 23.1 Å². The van der Waals surface area contributed by atoms with E-state index in [0.29, 0.717) is 18.2 Å². The Morgan fingerprint density at radius 3 is 2.65 bits per heavy atom. The topological polar surface area (TPSA) is 126 Å². The van der Waals surface area contributed by atoms with Crippen molar-refractivity contribution in [2.24, 2.45) is 0 Å². The van der Waals surface area contributed by atoms with Crippen LogP contribution in [0.5, 0.6) is 5.75 Å². The third-order valence-corrected chi connectivity index (χ3v) is 7.38. The molecule has 1 saturated heterocycles. The van der Waals surface area contributed by atoms with E-state index in [9.17, 15) is 13.2 Å². The number of aromatic nitrogens is 2. The highest BCUT2D eigenvalue weighted by Crippen LogP contribution is 2.33. The van der Waals surface area contributed by atoms with Gasteiger partial charge in [0.15, 0.2) is 6.29 Å². The smallest absolute Gasteiger partial charge is 0.415 e. The van der Waals surface area contributed by atoms with E-state index in [2.05, 4.69) is 4.98 Å². The van der Waals surface area contributed by atoms with Crippen molar-refractivity contribution < 1.29 is 36.3 Å². The van der Waals surface area contributed by atoms with Crippen molar-refractivity contribution in [2.75, 3.05) is 38.0 Å². The Labute approximate surface area is 238 Å². The lowest BCUT2D eigenvalue weighted by Gasteiger charge is -2.27. The summed E-state index contributed by atoms with van der Waals surface area (Å²) in [6.45, 7) is 5.95. The number of fused-ring (bicyclic) bond motifs is 1. The van der Waals surface area contributed by atoms with Gasteiger partial charge in [0.2, 0.25) is 0 Å². The van der Waals surface area contributed by atoms with Crippen molar-refractivity contribution in [1.29, 1.82) is 0 Å². The zero-order valence-corrected chi connectivity index (χ0v) is 24.9. The second-order valence-electron chi connectivity index (χ2n) is 10.4. The Kier molecular flexibility index (Phi) is 9.62. The predicted molar refractivity (Wildman–Crippen MR) is 152 cm³/mol. The SMILES string of the molecule is CN(C(=O)OC(C)(C)C)c1ccc(-c2nc3ccc(OC[C@@H](COS(C)(=O)=O)O[C@@H]4CCCCO4)cc3s2)cn1. The van der Waals surface area contributed by atoms with Crippen molar-refractivity contribution in [1.82, 2.24) is 9.97 Å². The fraction of sp³-hybridized carbons (Fsp3) is 0.519. The quantitative estimate of drug-likeness (QED) is 0.297. The summed E-state index contributed by atoms with van der Waals surface area (Å²) in [6.07, 6.45) is 3.83. The summed E-state index contributed by atoms with van der Waals surface area (Å²) in [5, 5.41) is 0.767. The van der Waals surface area contributed by atoms with Gasteiger partial charge in [-0.15, -0.1) is 11.3 Å². The minimum atomic E-state index is -3.63. The summed E-state index contributed by atoms with van der Waals surface area (Å²) in [5.74, 6) is 1.05. The number of benzene rings is 1. The van der Waals surface area contributed by atoms with Crippen LogP contribution in [0.3, 0.4) is 0 Å². The number of ether oxygens (including phenoxy) is 4. The highest BCUT2D eigenvalue weighted by Gasteiger charge is 2.23. The second kappa shape index (κ2) is 12.8. The molecule has 0 N–H and O–H groups in total. The van der Waals surface area contributed by atoms with Crippen LogP contribution < -0.4 is 9.64 Å². The molecule has 1 amide bonds. The lowest BCUT2D eigenvalue weighted by molar-refractivity contribution is -0.198. The zero-order chi connectivity index (χ0) is 28.9. The molecule has 4 rings (SSSR count). The fourth-order valence-corrected chi connectivity index (χ4v) is 5.18. The van der Waals surface area contributed by atoms with Crippen LogP contribution in [0, 0.1) is 0 Å². The van der Waals surface area contributed by atoms with Gasteiger partial charge < -0.3 is 18.9 Å². The Morgan fingerprint density at radius 2 is 2.00 bits per heavy atom. The van der Waals surface area contributed by atoms with Crippen LogP contribution in [0.15, 0.2) is 36.5 Å². The Balaban J connectivity index is 1.42. The van der Waals surface area contributed by atoms with Crippen molar-refractivity contribution in [3.63, 3.8) is 0 Å². The highest BCUT2D eigenvalue weighted by molar-refractivity contribution is 7.85. The molecule has 40 heavy (non-hydrogen) atoms. The van der Waals surface area contributed by atoms with Gasteiger partial charge in [-0.05, 0) is 70.4 Å². The molecule has 1 aliphatic heterocycles. The number of rotatable bonds is 10. The lowest BCUT2D eigenvalue weighted by atomic mass is 10.2. The molecule has 2 atom stereocenters. The molecular formula is C27H35N3O8S2. The summed E-state index contributed by atoms with van der Waals surface area (Å²) in [5.41, 5.74) is 1.01. The maximum atomic E-state index is 12.3.